The Morgan fingerprint density at radius 3 is 2.54 bits per heavy atom. The molecule has 172 valence electrons. The largest absolute Gasteiger partial charge is 0.361 e. The highest BCUT2D eigenvalue weighted by molar-refractivity contribution is 5.98. The molecule has 4 heterocycles. The van der Waals surface area contributed by atoms with Crippen molar-refractivity contribution in [2.75, 3.05) is 13.1 Å². The van der Waals surface area contributed by atoms with Gasteiger partial charge in [0, 0.05) is 66.0 Å². The number of nitrogens with zero attached hydrogens (tertiary/aromatic N) is 4. The number of nitrogens with one attached hydrogen (secondary N) is 1. The number of pyridine rings is 1. The SMILES string of the molecule is O=C(c1ccc2cc[nH]c2c1)N1CCC(c2nc(-c3cccnc3)ncc2-c2ccccc2)CC1. The van der Waals surface area contributed by atoms with Gasteiger partial charge in [-0.25, -0.2) is 9.97 Å². The number of hydrogen-bond acceptors (Lipinski definition) is 4. The zero-order valence-corrected chi connectivity index (χ0v) is 19.3. The molecule has 3 aromatic heterocycles. The fraction of sp³-hybridized carbons (Fsp3) is 0.172. The van der Waals surface area contributed by atoms with E-state index in [1.165, 1.54) is 0 Å². The van der Waals surface area contributed by atoms with Crippen molar-refractivity contribution in [3.8, 4) is 22.5 Å². The van der Waals surface area contributed by atoms with Gasteiger partial charge in [-0.3, -0.25) is 9.78 Å². The first-order valence-electron chi connectivity index (χ1n) is 12.0. The van der Waals surface area contributed by atoms with Gasteiger partial charge in [0.2, 0.25) is 0 Å². The van der Waals surface area contributed by atoms with Gasteiger partial charge in [-0.05, 0) is 54.1 Å². The summed E-state index contributed by atoms with van der Waals surface area (Å²) in [4.78, 5) is 32.3. The summed E-state index contributed by atoms with van der Waals surface area (Å²) in [5.74, 6) is 1.02. The summed E-state index contributed by atoms with van der Waals surface area (Å²) in [5, 5.41) is 1.11. The molecule has 0 radical (unpaired) electrons. The van der Waals surface area contributed by atoms with Crippen LogP contribution in [0.1, 0.15) is 34.8 Å². The molecule has 5 aromatic rings. The second-order valence-corrected chi connectivity index (χ2v) is 8.95. The summed E-state index contributed by atoms with van der Waals surface area (Å²) in [7, 11) is 0. The van der Waals surface area contributed by atoms with Gasteiger partial charge in [-0.15, -0.1) is 0 Å². The summed E-state index contributed by atoms with van der Waals surface area (Å²) in [6.07, 6.45) is 9.10. The normalized spacial score (nSPS) is 14.3. The fourth-order valence-electron chi connectivity index (χ4n) is 4.90. The van der Waals surface area contributed by atoms with Gasteiger partial charge < -0.3 is 9.88 Å². The third kappa shape index (κ3) is 4.19. The lowest BCUT2D eigenvalue weighted by atomic mass is 9.88. The number of carbonyl (C=O) groups is 1. The zero-order valence-electron chi connectivity index (χ0n) is 19.3. The van der Waals surface area contributed by atoms with Gasteiger partial charge in [-0.1, -0.05) is 36.4 Å². The van der Waals surface area contributed by atoms with E-state index in [-0.39, 0.29) is 11.8 Å². The van der Waals surface area contributed by atoms with Crippen molar-refractivity contribution in [1.29, 1.82) is 0 Å². The van der Waals surface area contributed by atoms with Crippen LogP contribution < -0.4 is 0 Å². The maximum Gasteiger partial charge on any atom is 0.253 e. The molecule has 0 saturated carbocycles. The highest BCUT2D eigenvalue weighted by atomic mass is 16.2. The molecule has 1 amide bonds. The topological polar surface area (TPSA) is 74.8 Å². The van der Waals surface area contributed by atoms with Crippen molar-refractivity contribution < 1.29 is 4.79 Å². The lowest BCUT2D eigenvalue weighted by molar-refractivity contribution is 0.0712. The lowest BCUT2D eigenvalue weighted by Gasteiger charge is -2.32. The van der Waals surface area contributed by atoms with E-state index in [1.807, 2.05) is 71.9 Å². The molecule has 6 nitrogen and oxygen atoms in total. The second kappa shape index (κ2) is 9.14. The molecule has 1 saturated heterocycles. The van der Waals surface area contributed by atoms with E-state index in [9.17, 15) is 4.79 Å². The Hall–Kier alpha value is -4.32. The van der Waals surface area contributed by atoms with Crippen molar-refractivity contribution in [2.45, 2.75) is 18.8 Å². The van der Waals surface area contributed by atoms with Gasteiger partial charge in [-0.2, -0.15) is 0 Å². The predicted molar refractivity (Wildman–Crippen MR) is 137 cm³/mol. The van der Waals surface area contributed by atoms with Gasteiger partial charge in [0.15, 0.2) is 5.82 Å². The number of rotatable bonds is 4. The van der Waals surface area contributed by atoms with Crippen LogP contribution in [-0.4, -0.2) is 43.8 Å². The molecular weight excluding hydrogens is 434 g/mol. The maximum atomic E-state index is 13.2. The van der Waals surface area contributed by atoms with Crippen molar-refractivity contribution in [2.24, 2.45) is 0 Å². The summed E-state index contributed by atoms with van der Waals surface area (Å²) in [6.45, 7) is 1.40. The number of likely N-dealkylation sites (tertiary alicyclic amines) is 1. The number of amides is 1. The van der Waals surface area contributed by atoms with Crippen molar-refractivity contribution in [1.82, 2.24) is 24.8 Å². The molecule has 0 aliphatic carbocycles. The minimum absolute atomic E-state index is 0.0852. The average Bonchev–Trinajstić information content (AvgIpc) is 3.41. The van der Waals surface area contributed by atoms with Crippen LogP contribution in [-0.2, 0) is 0 Å². The molecule has 1 aliphatic rings. The molecule has 0 unspecified atom stereocenters. The van der Waals surface area contributed by atoms with Crippen LogP contribution in [0.2, 0.25) is 0 Å². The molecule has 1 aliphatic heterocycles. The molecular formula is C29H25N5O. The van der Waals surface area contributed by atoms with E-state index in [2.05, 4.69) is 27.1 Å². The quantitative estimate of drug-likeness (QED) is 0.374. The van der Waals surface area contributed by atoms with E-state index in [0.717, 1.165) is 51.7 Å². The van der Waals surface area contributed by atoms with Crippen LogP contribution in [0.3, 0.4) is 0 Å². The summed E-state index contributed by atoms with van der Waals surface area (Å²) in [5.41, 5.74) is 5.83. The van der Waals surface area contributed by atoms with E-state index in [0.29, 0.717) is 18.9 Å². The zero-order chi connectivity index (χ0) is 23.6. The van der Waals surface area contributed by atoms with Gasteiger partial charge >= 0.3 is 0 Å². The molecule has 0 bridgehead atoms. The second-order valence-electron chi connectivity index (χ2n) is 8.95. The molecule has 6 rings (SSSR count). The Balaban J connectivity index is 1.27. The van der Waals surface area contributed by atoms with Crippen LogP contribution in [0.15, 0.2) is 91.5 Å². The first-order chi connectivity index (χ1) is 17.3. The molecule has 6 heteroatoms. The van der Waals surface area contributed by atoms with Crippen LogP contribution in [0.4, 0.5) is 0 Å². The van der Waals surface area contributed by atoms with Gasteiger partial charge in [0.25, 0.3) is 5.91 Å². The number of aromatic nitrogens is 4. The smallest absolute Gasteiger partial charge is 0.253 e. The Kier molecular flexibility index (Phi) is 5.54. The number of hydrogen-bond donors (Lipinski definition) is 1. The minimum atomic E-state index is 0.0852. The summed E-state index contributed by atoms with van der Waals surface area (Å²) in [6, 6.07) is 22.1. The van der Waals surface area contributed by atoms with Crippen LogP contribution >= 0.6 is 0 Å². The maximum absolute atomic E-state index is 13.2. The van der Waals surface area contributed by atoms with Crippen molar-refractivity contribution in [3.63, 3.8) is 0 Å². The molecule has 1 N–H and O–H groups in total. The minimum Gasteiger partial charge on any atom is -0.361 e. The van der Waals surface area contributed by atoms with Crippen LogP contribution in [0.25, 0.3) is 33.4 Å². The number of benzene rings is 2. The summed E-state index contributed by atoms with van der Waals surface area (Å²) >= 11 is 0. The number of H-pyrrole nitrogens is 1. The van der Waals surface area contributed by atoms with Crippen LogP contribution in [0.5, 0.6) is 0 Å². The van der Waals surface area contributed by atoms with E-state index >= 15 is 0 Å². The Morgan fingerprint density at radius 1 is 0.914 bits per heavy atom. The van der Waals surface area contributed by atoms with Gasteiger partial charge in [0.1, 0.15) is 0 Å². The molecule has 2 aromatic carbocycles. The Morgan fingerprint density at radius 2 is 1.74 bits per heavy atom. The Labute approximate surface area is 203 Å². The number of fused-ring (bicyclic) bond motifs is 1. The highest BCUT2D eigenvalue weighted by Crippen LogP contribution is 2.35. The average molecular weight is 460 g/mol. The van der Waals surface area contributed by atoms with Crippen molar-refractivity contribution in [3.05, 3.63) is 103 Å². The van der Waals surface area contributed by atoms with E-state index in [4.69, 9.17) is 4.98 Å². The molecule has 0 atom stereocenters. The predicted octanol–water partition coefficient (Wildman–Crippen LogP) is 5.71. The first kappa shape index (κ1) is 21.2. The number of piperidine rings is 1. The van der Waals surface area contributed by atoms with Gasteiger partial charge in [0.05, 0.1) is 5.69 Å². The van der Waals surface area contributed by atoms with E-state index in [1.54, 1.807) is 12.4 Å². The standard InChI is InChI=1S/C29H25N5O/c35-29(23-9-8-21-10-14-31-26(21)17-23)34-15-11-22(12-16-34)27-25(20-5-2-1-3-6-20)19-32-28(33-27)24-7-4-13-30-18-24/h1-10,13-14,17-19,22,31H,11-12,15-16H2. The third-order valence-corrected chi connectivity index (χ3v) is 6.79. The first-order valence-corrected chi connectivity index (χ1v) is 12.0. The molecule has 35 heavy (non-hydrogen) atoms. The van der Waals surface area contributed by atoms with Crippen LogP contribution in [0, 0.1) is 0 Å². The molecule has 1 fully saturated rings. The third-order valence-electron chi connectivity index (χ3n) is 6.79. The summed E-state index contributed by atoms with van der Waals surface area (Å²) < 4.78 is 0. The monoisotopic (exact) mass is 459 g/mol. The fourth-order valence-corrected chi connectivity index (χ4v) is 4.90. The van der Waals surface area contributed by atoms with E-state index < -0.39 is 0 Å². The highest BCUT2D eigenvalue weighted by Gasteiger charge is 2.28. The lowest BCUT2D eigenvalue weighted by Crippen LogP contribution is -2.38. The molecule has 0 spiro atoms. The Bertz CT molecular complexity index is 1470. The number of aromatic amines is 1. The number of carbonyl (C=O) groups excluding carboxylic acids is 1. The van der Waals surface area contributed by atoms with Crippen molar-refractivity contribution >= 4 is 16.8 Å².